The summed E-state index contributed by atoms with van der Waals surface area (Å²) in [6.45, 7) is 6.78. The molecule has 0 spiro atoms. The van der Waals surface area contributed by atoms with Crippen LogP contribution in [0, 0.1) is 5.92 Å². The van der Waals surface area contributed by atoms with Crippen molar-refractivity contribution < 1.29 is 8.42 Å². The number of hydrogen-bond acceptors (Lipinski definition) is 4. The molecule has 0 saturated carbocycles. The van der Waals surface area contributed by atoms with Crippen molar-refractivity contribution in [3.05, 3.63) is 0 Å². The van der Waals surface area contributed by atoms with E-state index in [4.69, 9.17) is 0 Å². The van der Waals surface area contributed by atoms with Crippen LogP contribution in [0.3, 0.4) is 0 Å². The molecule has 0 aromatic rings. The lowest BCUT2D eigenvalue weighted by molar-refractivity contribution is 0.0562. The molecular formula is C15H29N3O2S. The second-order valence-electron chi connectivity index (χ2n) is 7.04. The Balaban J connectivity index is 1.66. The van der Waals surface area contributed by atoms with E-state index in [1.54, 1.807) is 0 Å². The number of fused-ring (bicyclic) bond motifs is 1. The van der Waals surface area contributed by atoms with Gasteiger partial charge in [-0.2, -0.15) is 4.31 Å². The van der Waals surface area contributed by atoms with Crippen LogP contribution in [0.5, 0.6) is 0 Å². The first-order chi connectivity index (χ1) is 10.1. The van der Waals surface area contributed by atoms with E-state index >= 15 is 0 Å². The van der Waals surface area contributed by atoms with Crippen LogP contribution in [0.2, 0.25) is 0 Å². The molecule has 3 saturated heterocycles. The van der Waals surface area contributed by atoms with Gasteiger partial charge in [-0.05, 0) is 58.2 Å². The van der Waals surface area contributed by atoms with Crippen LogP contribution in [0.4, 0.5) is 0 Å². The molecular weight excluding hydrogens is 286 g/mol. The maximum atomic E-state index is 12.8. The van der Waals surface area contributed by atoms with E-state index in [2.05, 4.69) is 17.1 Å². The predicted octanol–water partition coefficient (Wildman–Crippen LogP) is 0.874. The average molecular weight is 315 g/mol. The molecule has 3 aliphatic rings. The van der Waals surface area contributed by atoms with Crippen molar-refractivity contribution in [1.29, 1.82) is 0 Å². The fourth-order valence-electron chi connectivity index (χ4n) is 4.15. The summed E-state index contributed by atoms with van der Waals surface area (Å²) < 4.78 is 27.5. The monoisotopic (exact) mass is 315 g/mol. The molecule has 0 radical (unpaired) electrons. The molecule has 122 valence electrons. The van der Waals surface area contributed by atoms with Crippen molar-refractivity contribution in [2.45, 2.75) is 51.1 Å². The number of piperazine rings is 1. The lowest BCUT2D eigenvalue weighted by atomic mass is 9.99. The standard InChI is InChI=1S/C15H29N3O2S/c1-13-10-17-9-3-2-4-15(17)11-18(13)21(19,20)12-14-5-7-16-8-6-14/h13-16H,2-12H2,1H3. The Labute approximate surface area is 129 Å². The van der Waals surface area contributed by atoms with Crippen molar-refractivity contribution in [2.24, 2.45) is 5.92 Å². The first-order valence-corrected chi connectivity index (χ1v) is 10.1. The van der Waals surface area contributed by atoms with Gasteiger partial charge in [0.15, 0.2) is 0 Å². The third kappa shape index (κ3) is 3.60. The Morgan fingerprint density at radius 1 is 1.10 bits per heavy atom. The van der Waals surface area contributed by atoms with Crippen LogP contribution in [0.1, 0.15) is 39.0 Å². The number of nitrogens with one attached hydrogen (secondary N) is 1. The smallest absolute Gasteiger partial charge is 0.214 e. The molecule has 3 aliphatic heterocycles. The van der Waals surface area contributed by atoms with E-state index in [-0.39, 0.29) is 6.04 Å². The summed E-state index contributed by atoms with van der Waals surface area (Å²) in [6.07, 6.45) is 5.67. The fourth-order valence-corrected chi connectivity index (χ4v) is 6.29. The molecule has 3 fully saturated rings. The van der Waals surface area contributed by atoms with E-state index in [0.717, 1.165) is 45.4 Å². The summed E-state index contributed by atoms with van der Waals surface area (Å²) in [5, 5.41) is 3.31. The van der Waals surface area contributed by atoms with Gasteiger partial charge in [-0.1, -0.05) is 6.42 Å². The molecule has 21 heavy (non-hydrogen) atoms. The summed E-state index contributed by atoms with van der Waals surface area (Å²) in [5.41, 5.74) is 0. The fraction of sp³-hybridized carbons (Fsp3) is 1.00. The van der Waals surface area contributed by atoms with Gasteiger partial charge in [-0.15, -0.1) is 0 Å². The second-order valence-corrected chi connectivity index (χ2v) is 9.00. The lowest BCUT2D eigenvalue weighted by Crippen LogP contribution is -2.60. The molecule has 2 atom stereocenters. The van der Waals surface area contributed by atoms with Crippen LogP contribution in [-0.2, 0) is 10.0 Å². The Morgan fingerprint density at radius 2 is 1.86 bits per heavy atom. The zero-order valence-electron chi connectivity index (χ0n) is 13.1. The second kappa shape index (κ2) is 6.52. The molecule has 2 unspecified atom stereocenters. The molecule has 3 rings (SSSR count). The van der Waals surface area contributed by atoms with E-state index in [9.17, 15) is 8.42 Å². The zero-order valence-corrected chi connectivity index (χ0v) is 13.9. The van der Waals surface area contributed by atoms with Crippen molar-refractivity contribution in [3.8, 4) is 0 Å². The topological polar surface area (TPSA) is 52.7 Å². The molecule has 0 bridgehead atoms. The van der Waals surface area contributed by atoms with Crippen LogP contribution in [0.15, 0.2) is 0 Å². The maximum Gasteiger partial charge on any atom is 0.214 e. The van der Waals surface area contributed by atoms with Crippen LogP contribution < -0.4 is 5.32 Å². The Kier molecular flexibility index (Phi) is 4.88. The van der Waals surface area contributed by atoms with Gasteiger partial charge in [0.1, 0.15) is 0 Å². The molecule has 6 heteroatoms. The average Bonchev–Trinajstić information content (AvgIpc) is 2.47. The van der Waals surface area contributed by atoms with E-state index in [1.807, 2.05) is 4.31 Å². The van der Waals surface area contributed by atoms with Crippen molar-refractivity contribution in [2.75, 3.05) is 38.5 Å². The predicted molar refractivity (Wildman–Crippen MR) is 84.8 cm³/mol. The minimum atomic E-state index is -3.10. The third-order valence-corrected chi connectivity index (χ3v) is 7.51. The molecule has 3 heterocycles. The van der Waals surface area contributed by atoms with Gasteiger partial charge in [0.05, 0.1) is 5.75 Å². The van der Waals surface area contributed by atoms with E-state index in [1.165, 1.54) is 12.8 Å². The van der Waals surface area contributed by atoms with Crippen LogP contribution >= 0.6 is 0 Å². The van der Waals surface area contributed by atoms with Gasteiger partial charge < -0.3 is 5.32 Å². The Morgan fingerprint density at radius 3 is 2.62 bits per heavy atom. The molecule has 5 nitrogen and oxygen atoms in total. The van der Waals surface area contributed by atoms with Gasteiger partial charge in [0.2, 0.25) is 10.0 Å². The van der Waals surface area contributed by atoms with E-state index < -0.39 is 10.0 Å². The van der Waals surface area contributed by atoms with E-state index in [0.29, 0.717) is 24.3 Å². The summed E-state index contributed by atoms with van der Waals surface area (Å²) in [7, 11) is -3.10. The number of piperidine rings is 2. The first kappa shape index (κ1) is 15.7. The highest BCUT2D eigenvalue weighted by Gasteiger charge is 2.39. The van der Waals surface area contributed by atoms with Gasteiger partial charge in [-0.25, -0.2) is 8.42 Å². The van der Waals surface area contributed by atoms with Crippen molar-refractivity contribution in [1.82, 2.24) is 14.5 Å². The lowest BCUT2D eigenvalue weighted by Gasteiger charge is -2.47. The van der Waals surface area contributed by atoms with Gasteiger partial charge >= 0.3 is 0 Å². The number of nitrogens with zero attached hydrogens (tertiary/aromatic N) is 2. The molecule has 0 amide bonds. The Bertz CT molecular complexity index is 448. The molecule has 0 aromatic heterocycles. The first-order valence-electron chi connectivity index (χ1n) is 8.50. The van der Waals surface area contributed by atoms with Crippen molar-refractivity contribution >= 4 is 10.0 Å². The summed E-state index contributed by atoms with van der Waals surface area (Å²) in [4.78, 5) is 2.50. The zero-order chi connectivity index (χ0) is 14.9. The maximum absolute atomic E-state index is 12.8. The summed E-state index contributed by atoms with van der Waals surface area (Å²) in [6, 6.07) is 0.587. The van der Waals surface area contributed by atoms with Gasteiger partial charge in [-0.3, -0.25) is 4.90 Å². The minimum Gasteiger partial charge on any atom is -0.317 e. The van der Waals surface area contributed by atoms with Crippen LogP contribution in [-0.4, -0.2) is 68.2 Å². The molecule has 0 aromatic carbocycles. The van der Waals surface area contributed by atoms with Crippen molar-refractivity contribution in [3.63, 3.8) is 0 Å². The quantitative estimate of drug-likeness (QED) is 0.840. The number of rotatable bonds is 3. The van der Waals surface area contributed by atoms with Crippen LogP contribution in [0.25, 0.3) is 0 Å². The number of hydrogen-bond donors (Lipinski definition) is 1. The highest BCUT2D eigenvalue weighted by molar-refractivity contribution is 7.89. The third-order valence-electron chi connectivity index (χ3n) is 5.39. The highest BCUT2D eigenvalue weighted by Crippen LogP contribution is 2.27. The normalized spacial score (nSPS) is 33.8. The molecule has 1 N–H and O–H groups in total. The Hall–Kier alpha value is -0.170. The largest absolute Gasteiger partial charge is 0.317 e. The van der Waals surface area contributed by atoms with Gasteiger partial charge in [0.25, 0.3) is 0 Å². The summed E-state index contributed by atoms with van der Waals surface area (Å²) in [5.74, 6) is 0.694. The SMILES string of the molecule is CC1CN2CCCCC2CN1S(=O)(=O)CC1CCNCC1. The van der Waals surface area contributed by atoms with Gasteiger partial charge in [0, 0.05) is 25.2 Å². The minimum absolute atomic E-state index is 0.131. The summed E-state index contributed by atoms with van der Waals surface area (Å²) >= 11 is 0. The number of sulfonamides is 1. The highest BCUT2D eigenvalue weighted by atomic mass is 32.2. The molecule has 0 aliphatic carbocycles.